The van der Waals surface area contributed by atoms with E-state index < -0.39 is 21.2 Å². The van der Waals surface area contributed by atoms with Gasteiger partial charge in [-0.05, 0) is 24.3 Å². The van der Waals surface area contributed by atoms with E-state index in [-0.39, 0.29) is 11.3 Å². The van der Waals surface area contributed by atoms with E-state index in [2.05, 4.69) is 4.98 Å². The number of fused-ring (bicyclic) bond motifs is 1. The van der Waals surface area contributed by atoms with Gasteiger partial charge in [-0.15, -0.1) is 0 Å². The van der Waals surface area contributed by atoms with Crippen molar-refractivity contribution in [3.05, 3.63) is 72.1 Å². The predicted octanol–water partition coefficient (Wildman–Crippen LogP) is -0.638. The van der Waals surface area contributed by atoms with Crippen LogP contribution in [0.2, 0.25) is 0 Å². The van der Waals surface area contributed by atoms with Crippen LogP contribution in [0.5, 0.6) is 5.75 Å². The van der Waals surface area contributed by atoms with Crippen molar-refractivity contribution in [2.75, 3.05) is 0 Å². The first-order chi connectivity index (χ1) is 9.25. The van der Waals surface area contributed by atoms with E-state index >= 15 is 0 Å². The molecule has 1 heterocycles. The van der Waals surface area contributed by atoms with Crippen molar-refractivity contribution in [2.45, 2.75) is 0 Å². The van der Waals surface area contributed by atoms with Gasteiger partial charge in [-0.3, -0.25) is 4.79 Å². The summed E-state index contributed by atoms with van der Waals surface area (Å²) in [6.07, 6.45) is 0. The molecule has 0 aliphatic carbocycles. The number of aromatic amines is 1. The molecular formula is C15H11INO2+. The Hall–Kier alpha value is -1.82. The lowest BCUT2D eigenvalue weighted by atomic mass is 10.2. The van der Waals surface area contributed by atoms with Crippen LogP contribution in [0.3, 0.4) is 0 Å². The number of H-pyrrole nitrogens is 1. The van der Waals surface area contributed by atoms with E-state index in [4.69, 9.17) is 0 Å². The van der Waals surface area contributed by atoms with Gasteiger partial charge in [-0.25, -0.2) is 0 Å². The second kappa shape index (κ2) is 5.05. The Labute approximate surface area is 120 Å². The molecule has 0 aliphatic heterocycles. The zero-order valence-corrected chi connectivity index (χ0v) is 12.1. The molecule has 94 valence electrons. The third-order valence-corrected chi connectivity index (χ3v) is 5.66. The van der Waals surface area contributed by atoms with Crippen molar-refractivity contribution in [1.29, 1.82) is 0 Å². The number of rotatable bonds is 2. The minimum Gasteiger partial charge on any atom is -0.503 e. The van der Waals surface area contributed by atoms with Gasteiger partial charge in [0.2, 0.25) is 0 Å². The van der Waals surface area contributed by atoms with Gasteiger partial charge >= 0.3 is 30.3 Å². The number of aromatic hydroxyl groups is 1. The molecule has 0 aliphatic rings. The smallest absolute Gasteiger partial charge is 0.368 e. The van der Waals surface area contributed by atoms with E-state index in [1.807, 2.05) is 48.5 Å². The Morgan fingerprint density at radius 2 is 1.63 bits per heavy atom. The highest BCUT2D eigenvalue weighted by Gasteiger charge is 2.26. The summed E-state index contributed by atoms with van der Waals surface area (Å²) in [6, 6.07) is 17.1. The molecule has 2 N–H and O–H groups in total. The summed E-state index contributed by atoms with van der Waals surface area (Å²) in [5.74, 6) is 0.121. The summed E-state index contributed by atoms with van der Waals surface area (Å²) in [7, 11) is 0. The Bertz CT molecular complexity index is 781. The summed E-state index contributed by atoms with van der Waals surface area (Å²) >= 11 is -0.683. The molecule has 19 heavy (non-hydrogen) atoms. The first-order valence-corrected chi connectivity index (χ1v) is 7.95. The molecule has 0 saturated carbocycles. The molecule has 0 bridgehead atoms. The van der Waals surface area contributed by atoms with Gasteiger partial charge in [-0.2, -0.15) is 0 Å². The van der Waals surface area contributed by atoms with Crippen LogP contribution in [0.4, 0.5) is 0 Å². The van der Waals surface area contributed by atoms with Crippen LogP contribution in [-0.2, 0) is 0 Å². The van der Waals surface area contributed by atoms with Crippen LogP contribution in [0, 0.1) is 7.14 Å². The molecule has 0 fully saturated rings. The average Bonchev–Trinajstić information content (AvgIpc) is 2.45. The van der Waals surface area contributed by atoms with E-state index in [0.29, 0.717) is 14.5 Å². The van der Waals surface area contributed by atoms with E-state index in [0.717, 1.165) is 3.57 Å². The van der Waals surface area contributed by atoms with Crippen molar-refractivity contribution in [2.24, 2.45) is 0 Å². The lowest BCUT2D eigenvalue weighted by molar-refractivity contribution is -0.599. The molecular weight excluding hydrogens is 353 g/mol. The lowest BCUT2D eigenvalue weighted by Gasteiger charge is -1.99. The first-order valence-electron chi connectivity index (χ1n) is 5.79. The van der Waals surface area contributed by atoms with Crippen LogP contribution in [0.15, 0.2) is 59.4 Å². The quantitative estimate of drug-likeness (QED) is 0.595. The Balaban J connectivity index is 2.16. The van der Waals surface area contributed by atoms with E-state index in [1.54, 1.807) is 6.07 Å². The number of nitrogens with one attached hydrogen (secondary N) is 1. The largest absolute Gasteiger partial charge is 0.503 e. The summed E-state index contributed by atoms with van der Waals surface area (Å²) in [4.78, 5) is 14.9. The number of para-hydroxylation sites is 1. The Morgan fingerprint density at radius 3 is 2.42 bits per heavy atom. The van der Waals surface area contributed by atoms with Crippen molar-refractivity contribution < 1.29 is 26.3 Å². The fourth-order valence-electron chi connectivity index (χ4n) is 1.88. The molecule has 3 aromatic rings. The van der Waals surface area contributed by atoms with Crippen molar-refractivity contribution >= 4 is 10.9 Å². The van der Waals surface area contributed by atoms with E-state index in [1.165, 1.54) is 0 Å². The van der Waals surface area contributed by atoms with Gasteiger partial charge in [0.1, 0.15) is 0 Å². The number of aromatic nitrogens is 1. The highest BCUT2D eigenvalue weighted by Crippen LogP contribution is 2.19. The third kappa shape index (κ3) is 2.35. The van der Waals surface area contributed by atoms with Crippen LogP contribution in [0.25, 0.3) is 10.9 Å². The predicted molar refractivity (Wildman–Crippen MR) is 70.1 cm³/mol. The summed E-state index contributed by atoms with van der Waals surface area (Å²) in [5, 5.41) is 11.0. The van der Waals surface area contributed by atoms with Crippen LogP contribution in [0.1, 0.15) is 0 Å². The minimum absolute atomic E-state index is 0.121. The Kier molecular flexibility index (Phi) is 3.25. The van der Waals surface area contributed by atoms with Crippen LogP contribution < -0.4 is 26.8 Å². The molecule has 0 unspecified atom stereocenters. The maximum Gasteiger partial charge on any atom is 0.368 e. The molecule has 0 saturated heterocycles. The van der Waals surface area contributed by atoms with Crippen molar-refractivity contribution in [3.8, 4) is 5.75 Å². The molecule has 0 atom stereocenters. The molecule has 0 amide bonds. The topological polar surface area (TPSA) is 53.1 Å². The SMILES string of the molecule is O=c1[nH]c2ccccc2c(O)c1[I+]c1ccccc1. The van der Waals surface area contributed by atoms with Gasteiger partial charge in [0.15, 0.2) is 9.32 Å². The average molecular weight is 364 g/mol. The van der Waals surface area contributed by atoms with Crippen molar-refractivity contribution in [1.82, 2.24) is 4.98 Å². The fourth-order valence-corrected chi connectivity index (χ4v) is 4.20. The molecule has 1 aromatic heterocycles. The van der Waals surface area contributed by atoms with E-state index in [9.17, 15) is 9.90 Å². The number of pyridine rings is 1. The normalized spacial score (nSPS) is 10.7. The monoisotopic (exact) mass is 364 g/mol. The lowest BCUT2D eigenvalue weighted by Crippen LogP contribution is -3.62. The fraction of sp³-hybridized carbons (Fsp3) is 0. The van der Waals surface area contributed by atoms with Gasteiger partial charge in [0.25, 0.3) is 0 Å². The first kappa shape index (κ1) is 12.2. The molecule has 4 heteroatoms. The Morgan fingerprint density at radius 1 is 0.947 bits per heavy atom. The molecule has 0 radical (unpaired) electrons. The standard InChI is InChI=1S/C15H10INO2/c18-14-11-8-4-5-9-12(11)17-15(19)13(14)16-10-6-2-1-3-7-10/h1-9H,(H-,17,18,19)/p+1. The molecule has 3 nitrogen and oxygen atoms in total. The van der Waals surface area contributed by atoms with Crippen LogP contribution in [-0.4, -0.2) is 10.1 Å². The minimum atomic E-state index is -0.683. The highest BCUT2D eigenvalue weighted by molar-refractivity contribution is 5.83. The summed E-state index contributed by atoms with van der Waals surface area (Å²) in [6.45, 7) is 0. The zero-order chi connectivity index (χ0) is 13.2. The maximum absolute atomic E-state index is 12.1. The van der Waals surface area contributed by atoms with Gasteiger partial charge < -0.3 is 10.1 Å². The number of hydrogen-bond acceptors (Lipinski definition) is 2. The highest BCUT2D eigenvalue weighted by atomic mass is 127. The van der Waals surface area contributed by atoms with Gasteiger partial charge in [0, 0.05) is 5.39 Å². The third-order valence-electron chi connectivity index (χ3n) is 2.77. The molecule has 2 aromatic carbocycles. The van der Waals surface area contributed by atoms with Crippen LogP contribution >= 0.6 is 0 Å². The second-order valence-corrected chi connectivity index (χ2v) is 6.92. The molecule has 0 spiro atoms. The number of benzene rings is 2. The summed E-state index contributed by atoms with van der Waals surface area (Å²) in [5.41, 5.74) is 0.485. The van der Waals surface area contributed by atoms with Crippen molar-refractivity contribution in [3.63, 3.8) is 0 Å². The maximum atomic E-state index is 12.1. The molecule has 3 rings (SSSR count). The second-order valence-electron chi connectivity index (χ2n) is 4.05. The number of halogens is 1. The number of hydrogen-bond donors (Lipinski definition) is 2. The van der Waals surface area contributed by atoms with Gasteiger partial charge in [0.05, 0.1) is 5.52 Å². The summed E-state index contributed by atoms with van der Waals surface area (Å²) < 4.78 is 1.63. The zero-order valence-electron chi connectivity index (χ0n) is 9.93. The van der Waals surface area contributed by atoms with Gasteiger partial charge in [-0.1, -0.05) is 30.3 Å².